The number of nitrogens with two attached hydrogens (primary N) is 1. The average molecular weight is 426 g/mol. The molecule has 6 nitrogen and oxygen atoms in total. The molecule has 5 aromatic rings. The molecular formula is C24H19N5OS. The number of nitrogens with one attached hydrogen (secondary N) is 1. The molecule has 0 radical (unpaired) electrons. The molecule has 0 aliphatic heterocycles. The second-order valence-electron chi connectivity index (χ2n) is 7.14. The van der Waals surface area contributed by atoms with E-state index < -0.39 is 0 Å². The molecular weight excluding hydrogens is 406 g/mol. The van der Waals surface area contributed by atoms with Gasteiger partial charge in [0.05, 0.1) is 33.9 Å². The third-order valence-electron chi connectivity index (χ3n) is 5.04. The fourth-order valence-corrected chi connectivity index (χ4v) is 4.34. The Bertz CT molecular complexity index is 1380. The number of aromatic nitrogens is 3. The number of para-hydroxylation sites is 2. The molecule has 5 rings (SSSR count). The lowest BCUT2D eigenvalue weighted by Gasteiger charge is -2.06. The molecule has 0 aliphatic carbocycles. The first-order valence-electron chi connectivity index (χ1n) is 9.80. The Balaban J connectivity index is 1.34. The van der Waals surface area contributed by atoms with Gasteiger partial charge in [-0.15, -0.1) is 16.4 Å². The van der Waals surface area contributed by atoms with E-state index in [1.54, 1.807) is 18.2 Å². The van der Waals surface area contributed by atoms with Gasteiger partial charge in [0.2, 0.25) is 0 Å². The smallest absolute Gasteiger partial charge is 0.265 e. The Morgan fingerprint density at radius 2 is 1.77 bits per heavy atom. The Hall–Kier alpha value is -3.97. The van der Waals surface area contributed by atoms with Gasteiger partial charge in [-0.3, -0.25) is 4.79 Å². The molecule has 0 unspecified atom stereocenters. The number of anilines is 2. The van der Waals surface area contributed by atoms with Crippen molar-refractivity contribution in [3.8, 4) is 10.6 Å². The Labute approximate surface area is 183 Å². The summed E-state index contributed by atoms with van der Waals surface area (Å²) in [5.74, 6) is -0.197. The van der Waals surface area contributed by atoms with Crippen LogP contribution in [-0.2, 0) is 6.54 Å². The number of carbonyl (C=O) groups is 1. The maximum atomic E-state index is 12.6. The van der Waals surface area contributed by atoms with Crippen molar-refractivity contribution in [2.45, 2.75) is 6.54 Å². The lowest BCUT2D eigenvalue weighted by molar-refractivity contribution is 0.103. The van der Waals surface area contributed by atoms with Crippen LogP contribution in [0.15, 0.2) is 85.1 Å². The number of carbonyl (C=O) groups excluding carboxylic acids is 1. The van der Waals surface area contributed by atoms with Crippen molar-refractivity contribution in [3.05, 3.63) is 95.5 Å². The summed E-state index contributed by atoms with van der Waals surface area (Å²) in [6, 6.07) is 25.4. The minimum absolute atomic E-state index is 0.197. The number of nitrogens with zero attached hydrogens (tertiary/aromatic N) is 3. The largest absolute Gasteiger partial charge is 0.397 e. The summed E-state index contributed by atoms with van der Waals surface area (Å²) in [5.41, 5.74) is 8.96. The van der Waals surface area contributed by atoms with Crippen LogP contribution in [0.25, 0.3) is 21.3 Å². The van der Waals surface area contributed by atoms with E-state index in [-0.39, 0.29) is 5.91 Å². The van der Waals surface area contributed by atoms with Gasteiger partial charge in [0.15, 0.2) is 0 Å². The fourth-order valence-electron chi connectivity index (χ4n) is 3.49. The van der Waals surface area contributed by atoms with Gasteiger partial charge in [0, 0.05) is 0 Å². The van der Waals surface area contributed by atoms with Crippen molar-refractivity contribution in [2.24, 2.45) is 0 Å². The number of hydrogen-bond donors (Lipinski definition) is 2. The molecule has 31 heavy (non-hydrogen) atoms. The van der Waals surface area contributed by atoms with Gasteiger partial charge in [-0.1, -0.05) is 59.8 Å². The Morgan fingerprint density at radius 3 is 2.68 bits per heavy atom. The maximum absolute atomic E-state index is 12.6. The molecule has 0 fully saturated rings. The zero-order valence-corrected chi connectivity index (χ0v) is 17.3. The van der Waals surface area contributed by atoms with E-state index >= 15 is 0 Å². The van der Waals surface area contributed by atoms with Crippen LogP contribution in [0.3, 0.4) is 0 Å². The highest BCUT2D eigenvalue weighted by atomic mass is 32.1. The molecule has 0 bridgehead atoms. The van der Waals surface area contributed by atoms with Crippen molar-refractivity contribution in [3.63, 3.8) is 0 Å². The maximum Gasteiger partial charge on any atom is 0.265 e. The SMILES string of the molecule is Nc1ccccc1NC(=O)c1ccc(-c2cn(Cc3cccc4ccccc34)nn2)s1. The highest BCUT2D eigenvalue weighted by Gasteiger charge is 2.14. The van der Waals surface area contributed by atoms with Crippen LogP contribution >= 0.6 is 11.3 Å². The number of thiophene rings is 1. The van der Waals surface area contributed by atoms with Gasteiger partial charge in [0.1, 0.15) is 5.69 Å². The van der Waals surface area contributed by atoms with Crippen molar-refractivity contribution in [1.29, 1.82) is 0 Å². The molecule has 0 saturated heterocycles. The molecule has 3 aromatic carbocycles. The van der Waals surface area contributed by atoms with Gasteiger partial charge in [-0.25, -0.2) is 4.68 Å². The van der Waals surface area contributed by atoms with E-state index in [1.165, 1.54) is 27.7 Å². The third kappa shape index (κ3) is 3.91. The van der Waals surface area contributed by atoms with Crippen LogP contribution in [0.2, 0.25) is 0 Å². The topological polar surface area (TPSA) is 85.8 Å². The van der Waals surface area contributed by atoms with Gasteiger partial charge in [0.25, 0.3) is 5.91 Å². The van der Waals surface area contributed by atoms with Crippen LogP contribution in [0.5, 0.6) is 0 Å². The minimum Gasteiger partial charge on any atom is -0.397 e. The van der Waals surface area contributed by atoms with Gasteiger partial charge in [-0.05, 0) is 40.6 Å². The Kier molecular flexibility index (Phi) is 4.93. The summed E-state index contributed by atoms with van der Waals surface area (Å²) in [5, 5.41) is 13.8. The Morgan fingerprint density at radius 1 is 0.968 bits per heavy atom. The van der Waals surface area contributed by atoms with Crippen LogP contribution in [0.1, 0.15) is 15.2 Å². The summed E-state index contributed by atoms with van der Waals surface area (Å²) in [6.07, 6.45) is 1.91. The zero-order valence-electron chi connectivity index (χ0n) is 16.5. The second kappa shape index (κ2) is 8.04. The highest BCUT2D eigenvalue weighted by molar-refractivity contribution is 7.17. The molecule has 0 atom stereocenters. The summed E-state index contributed by atoms with van der Waals surface area (Å²) < 4.78 is 1.82. The number of fused-ring (bicyclic) bond motifs is 1. The van der Waals surface area contributed by atoms with Crippen molar-refractivity contribution < 1.29 is 4.79 Å². The molecule has 2 heterocycles. The summed E-state index contributed by atoms with van der Waals surface area (Å²) >= 11 is 1.37. The van der Waals surface area contributed by atoms with E-state index in [0.29, 0.717) is 22.8 Å². The van der Waals surface area contributed by atoms with Gasteiger partial charge in [-0.2, -0.15) is 0 Å². The molecule has 7 heteroatoms. The third-order valence-corrected chi connectivity index (χ3v) is 6.15. The molecule has 0 aliphatic rings. The standard InChI is InChI=1S/C24H19N5OS/c25-19-10-3-4-11-20(19)26-24(30)23-13-12-22(31-23)21-15-29(28-27-21)14-17-8-5-7-16-6-1-2-9-18(16)17/h1-13,15H,14,25H2,(H,26,30). The first-order chi connectivity index (χ1) is 15.2. The first kappa shape index (κ1) is 19.0. The fraction of sp³-hybridized carbons (Fsp3) is 0.0417. The number of benzene rings is 3. The van der Waals surface area contributed by atoms with E-state index in [9.17, 15) is 4.79 Å². The molecule has 0 spiro atoms. The average Bonchev–Trinajstić information content (AvgIpc) is 3.45. The molecule has 0 saturated carbocycles. The predicted octanol–water partition coefficient (Wildman–Crippen LogP) is 5.04. The lowest BCUT2D eigenvalue weighted by atomic mass is 10.0. The van der Waals surface area contributed by atoms with E-state index in [2.05, 4.69) is 46.0 Å². The van der Waals surface area contributed by atoms with Crippen LogP contribution in [0, 0.1) is 0 Å². The van der Waals surface area contributed by atoms with Gasteiger partial charge < -0.3 is 11.1 Å². The predicted molar refractivity (Wildman–Crippen MR) is 125 cm³/mol. The van der Waals surface area contributed by atoms with E-state index in [0.717, 1.165) is 10.6 Å². The monoisotopic (exact) mass is 425 g/mol. The number of amides is 1. The quantitative estimate of drug-likeness (QED) is 0.386. The van der Waals surface area contributed by atoms with Gasteiger partial charge >= 0.3 is 0 Å². The van der Waals surface area contributed by atoms with E-state index in [1.807, 2.05) is 41.2 Å². The number of nitrogen functional groups attached to an aromatic ring is 1. The summed E-state index contributed by atoms with van der Waals surface area (Å²) in [4.78, 5) is 14.1. The number of rotatable bonds is 5. The number of hydrogen-bond acceptors (Lipinski definition) is 5. The van der Waals surface area contributed by atoms with Crippen molar-refractivity contribution >= 4 is 39.4 Å². The van der Waals surface area contributed by atoms with Crippen LogP contribution in [-0.4, -0.2) is 20.9 Å². The van der Waals surface area contributed by atoms with Crippen molar-refractivity contribution in [1.82, 2.24) is 15.0 Å². The normalized spacial score (nSPS) is 11.0. The molecule has 3 N–H and O–H groups in total. The van der Waals surface area contributed by atoms with Crippen molar-refractivity contribution in [2.75, 3.05) is 11.1 Å². The molecule has 2 aromatic heterocycles. The highest BCUT2D eigenvalue weighted by Crippen LogP contribution is 2.28. The second-order valence-corrected chi connectivity index (χ2v) is 8.23. The summed E-state index contributed by atoms with van der Waals surface area (Å²) in [6.45, 7) is 0.625. The van der Waals surface area contributed by atoms with E-state index in [4.69, 9.17) is 5.73 Å². The lowest BCUT2D eigenvalue weighted by Crippen LogP contribution is -2.11. The molecule has 1 amide bonds. The zero-order chi connectivity index (χ0) is 21.2. The first-order valence-corrected chi connectivity index (χ1v) is 10.6. The summed E-state index contributed by atoms with van der Waals surface area (Å²) in [7, 11) is 0. The van der Waals surface area contributed by atoms with Crippen LogP contribution < -0.4 is 11.1 Å². The van der Waals surface area contributed by atoms with Crippen LogP contribution in [0.4, 0.5) is 11.4 Å². The molecule has 152 valence electrons. The minimum atomic E-state index is -0.197.